The summed E-state index contributed by atoms with van der Waals surface area (Å²) in [5.41, 5.74) is 0. The predicted molar refractivity (Wildman–Crippen MR) is 76.2 cm³/mol. The van der Waals surface area contributed by atoms with Crippen molar-refractivity contribution in [1.29, 1.82) is 0 Å². The largest absolute Gasteiger partial charge is 0.102 e. The van der Waals surface area contributed by atoms with Gasteiger partial charge in [0.2, 0.25) is 0 Å². The molecule has 0 spiro atoms. The first-order chi connectivity index (χ1) is 8.41. The first kappa shape index (κ1) is 15.7. The number of unbranched alkanes of at least 4 members (excludes halogenated alkanes) is 5. The Hall–Kier alpha value is -1.32. The first-order valence-corrected chi connectivity index (χ1v) is 6.79. The Kier molecular flexibility index (Phi) is 13.5. The SMILES string of the molecule is CCCCC#CCC#CCC#CCCCCC. The van der Waals surface area contributed by atoms with Crippen molar-refractivity contribution in [2.75, 3.05) is 0 Å². The van der Waals surface area contributed by atoms with E-state index in [1.807, 2.05) is 0 Å². The molecule has 92 valence electrons. The highest BCUT2D eigenvalue weighted by molar-refractivity contribution is 5.16. The molecule has 0 aliphatic rings. The van der Waals surface area contributed by atoms with Crippen molar-refractivity contribution in [3.05, 3.63) is 0 Å². The third-order valence-electron chi connectivity index (χ3n) is 2.29. The molecule has 0 unspecified atom stereocenters. The molecule has 0 rings (SSSR count). The summed E-state index contributed by atoms with van der Waals surface area (Å²) in [5, 5.41) is 0. The van der Waals surface area contributed by atoms with Crippen LogP contribution in [0.2, 0.25) is 0 Å². The van der Waals surface area contributed by atoms with Crippen LogP contribution in [0, 0.1) is 35.5 Å². The Balaban J connectivity index is 3.43. The summed E-state index contributed by atoms with van der Waals surface area (Å²) >= 11 is 0. The smallest absolute Gasteiger partial charge is 0.0702 e. The Labute approximate surface area is 108 Å². The number of rotatable bonds is 5. The van der Waals surface area contributed by atoms with Crippen LogP contribution in [0.25, 0.3) is 0 Å². The van der Waals surface area contributed by atoms with Crippen LogP contribution in [0.3, 0.4) is 0 Å². The number of hydrogen-bond donors (Lipinski definition) is 0. The monoisotopic (exact) mass is 228 g/mol. The van der Waals surface area contributed by atoms with Gasteiger partial charge in [-0.15, -0.1) is 11.8 Å². The lowest BCUT2D eigenvalue weighted by molar-refractivity contribution is 0.737. The van der Waals surface area contributed by atoms with E-state index < -0.39 is 0 Å². The fraction of sp³-hybridized carbons (Fsp3) is 0.647. The molecule has 0 amide bonds. The van der Waals surface area contributed by atoms with E-state index >= 15 is 0 Å². The summed E-state index contributed by atoms with van der Waals surface area (Å²) in [4.78, 5) is 0. The van der Waals surface area contributed by atoms with E-state index in [0.717, 1.165) is 12.8 Å². The fourth-order valence-electron chi connectivity index (χ4n) is 1.24. The van der Waals surface area contributed by atoms with Crippen LogP contribution in [0.4, 0.5) is 0 Å². The molecule has 0 aromatic carbocycles. The second-order valence-corrected chi connectivity index (χ2v) is 3.97. The van der Waals surface area contributed by atoms with Gasteiger partial charge in [-0.3, -0.25) is 0 Å². The molecule has 0 aromatic rings. The number of hydrogen-bond acceptors (Lipinski definition) is 0. The van der Waals surface area contributed by atoms with Crippen molar-refractivity contribution < 1.29 is 0 Å². The molecule has 0 nitrogen and oxygen atoms in total. The summed E-state index contributed by atoms with van der Waals surface area (Å²) in [5.74, 6) is 18.5. The van der Waals surface area contributed by atoms with Gasteiger partial charge in [0.25, 0.3) is 0 Å². The van der Waals surface area contributed by atoms with Gasteiger partial charge in [-0.25, -0.2) is 0 Å². The molecule has 0 saturated carbocycles. The molecular weight excluding hydrogens is 204 g/mol. The predicted octanol–water partition coefficient (Wildman–Crippen LogP) is 4.55. The van der Waals surface area contributed by atoms with Crippen LogP contribution in [-0.4, -0.2) is 0 Å². The lowest BCUT2D eigenvalue weighted by atomic mass is 10.2. The maximum Gasteiger partial charge on any atom is 0.0702 e. The van der Waals surface area contributed by atoms with Crippen LogP contribution in [0.1, 0.15) is 71.6 Å². The van der Waals surface area contributed by atoms with Crippen molar-refractivity contribution in [2.24, 2.45) is 0 Å². The highest BCUT2D eigenvalue weighted by Gasteiger charge is 1.79. The fourth-order valence-corrected chi connectivity index (χ4v) is 1.24. The maximum atomic E-state index is 3.15. The molecule has 0 heteroatoms. The minimum Gasteiger partial charge on any atom is -0.102 e. The molecule has 0 aliphatic carbocycles. The zero-order valence-corrected chi connectivity index (χ0v) is 11.4. The molecule has 17 heavy (non-hydrogen) atoms. The molecular formula is C17H24. The minimum absolute atomic E-state index is 0.696. The maximum absolute atomic E-state index is 3.15. The van der Waals surface area contributed by atoms with Crippen LogP contribution < -0.4 is 0 Å². The Bertz CT molecular complexity index is 329. The van der Waals surface area contributed by atoms with E-state index in [9.17, 15) is 0 Å². The molecule has 0 radical (unpaired) electrons. The molecule has 0 bridgehead atoms. The Morgan fingerprint density at radius 2 is 1.00 bits per heavy atom. The summed E-state index contributed by atoms with van der Waals surface area (Å²) in [6, 6.07) is 0. The van der Waals surface area contributed by atoms with Gasteiger partial charge >= 0.3 is 0 Å². The Morgan fingerprint density at radius 1 is 0.529 bits per heavy atom. The second kappa shape index (κ2) is 14.7. The van der Waals surface area contributed by atoms with Gasteiger partial charge in [-0.2, -0.15) is 0 Å². The van der Waals surface area contributed by atoms with Crippen LogP contribution in [0.15, 0.2) is 0 Å². The summed E-state index contributed by atoms with van der Waals surface area (Å²) in [6.07, 6.45) is 9.61. The molecule has 0 fully saturated rings. The molecule has 0 heterocycles. The van der Waals surface area contributed by atoms with Crippen molar-refractivity contribution >= 4 is 0 Å². The molecule has 0 saturated heterocycles. The van der Waals surface area contributed by atoms with E-state index in [0.29, 0.717) is 12.8 Å². The second-order valence-electron chi connectivity index (χ2n) is 3.97. The lowest BCUT2D eigenvalue weighted by Gasteiger charge is -1.87. The molecule has 0 aromatic heterocycles. The zero-order chi connectivity index (χ0) is 12.6. The van der Waals surface area contributed by atoms with Gasteiger partial charge in [-0.05, 0) is 12.8 Å². The first-order valence-electron chi connectivity index (χ1n) is 6.79. The normalized spacial score (nSPS) is 8.12. The van der Waals surface area contributed by atoms with E-state index in [4.69, 9.17) is 0 Å². The van der Waals surface area contributed by atoms with Gasteiger partial charge in [-0.1, -0.05) is 56.8 Å². The van der Waals surface area contributed by atoms with Crippen molar-refractivity contribution in [3.8, 4) is 35.5 Å². The highest BCUT2D eigenvalue weighted by Crippen LogP contribution is 1.96. The third kappa shape index (κ3) is 14.7. The Morgan fingerprint density at radius 3 is 1.53 bits per heavy atom. The highest BCUT2D eigenvalue weighted by atomic mass is 13.8. The summed E-state index contributed by atoms with van der Waals surface area (Å²) in [6.45, 7) is 4.39. The quantitative estimate of drug-likeness (QED) is 0.478. The van der Waals surface area contributed by atoms with Crippen molar-refractivity contribution in [1.82, 2.24) is 0 Å². The zero-order valence-electron chi connectivity index (χ0n) is 11.4. The van der Waals surface area contributed by atoms with Gasteiger partial charge in [0, 0.05) is 12.8 Å². The van der Waals surface area contributed by atoms with Crippen LogP contribution in [0.5, 0.6) is 0 Å². The van der Waals surface area contributed by atoms with Gasteiger partial charge in [0.15, 0.2) is 0 Å². The summed E-state index contributed by atoms with van der Waals surface area (Å²) in [7, 11) is 0. The lowest BCUT2D eigenvalue weighted by Crippen LogP contribution is -1.71. The van der Waals surface area contributed by atoms with Crippen LogP contribution >= 0.6 is 0 Å². The molecule has 0 aliphatic heterocycles. The van der Waals surface area contributed by atoms with Crippen LogP contribution in [-0.2, 0) is 0 Å². The van der Waals surface area contributed by atoms with Gasteiger partial charge < -0.3 is 0 Å². The van der Waals surface area contributed by atoms with Crippen molar-refractivity contribution in [3.63, 3.8) is 0 Å². The average molecular weight is 228 g/mol. The standard InChI is InChI=1S/C17H24/c1-3-5-7-9-11-13-15-17-16-14-12-10-8-6-4-2/h3-9,14-15H2,1-2H3. The van der Waals surface area contributed by atoms with Crippen molar-refractivity contribution in [2.45, 2.75) is 71.6 Å². The average Bonchev–Trinajstić information content (AvgIpc) is 2.35. The van der Waals surface area contributed by atoms with E-state index in [1.54, 1.807) is 0 Å². The van der Waals surface area contributed by atoms with Gasteiger partial charge in [0.1, 0.15) is 0 Å². The van der Waals surface area contributed by atoms with E-state index in [1.165, 1.54) is 32.1 Å². The molecule has 0 N–H and O–H groups in total. The minimum atomic E-state index is 0.696. The van der Waals surface area contributed by atoms with E-state index in [2.05, 4.69) is 49.4 Å². The molecule has 0 atom stereocenters. The third-order valence-corrected chi connectivity index (χ3v) is 2.29. The summed E-state index contributed by atoms with van der Waals surface area (Å²) < 4.78 is 0. The van der Waals surface area contributed by atoms with E-state index in [-0.39, 0.29) is 0 Å². The topological polar surface area (TPSA) is 0 Å². The van der Waals surface area contributed by atoms with Gasteiger partial charge in [0.05, 0.1) is 12.8 Å².